The number of benzene rings is 2. The largest absolute Gasteiger partial charge is 0.482 e. The Bertz CT molecular complexity index is 858. The molecule has 0 spiro atoms. The highest BCUT2D eigenvalue weighted by Crippen LogP contribution is 2.27. The average molecular weight is 442 g/mol. The van der Waals surface area contributed by atoms with Gasteiger partial charge in [0.2, 0.25) is 0 Å². The predicted octanol–water partition coefficient (Wildman–Crippen LogP) is 4.40. The van der Waals surface area contributed by atoms with Crippen molar-refractivity contribution in [2.45, 2.75) is 6.42 Å². The van der Waals surface area contributed by atoms with E-state index in [1.165, 1.54) is 0 Å². The Balaban J connectivity index is 1.54. The van der Waals surface area contributed by atoms with Crippen LogP contribution in [0.4, 0.5) is 0 Å². The minimum Gasteiger partial charge on any atom is -0.482 e. The molecular formula is C20H19Cl3N2O3. The third-order valence-corrected chi connectivity index (χ3v) is 5.25. The summed E-state index contributed by atoms with van der Waals surface area (Å²) in [5.41, 5.74) is 0.588. The number of carbonyl (C=O) groups excluding carboxylic acids is 2. The fourth-order valence-electron chi connectivity index (χ4n) is 2.97. The summed E-state index contributed by atoms with van der Waals surface area (Å²) in [6.07, 6.45) is 0.701. The zero-order valence-corrected chi connectivity index (χ0v) is 17.3. The minimum atomic E-state index is -0.146. The minimum absolute atomic E-state index is 0.0600. The first-order valence-electron chi connectivity index (χ1n) is 8.84. The van der Waals surface area contributed by atoms with Crippen molar-refractivity contribution in [1.29, 1.82) is 0 Å². The van der Waals surface area contributed by atoms with E-state index in [4.69, 9.17) is 39.5 Å². The molecule has 1 aliphatic heterocycles. The van der Waals surface area contributed by atoms with Gasteiger partial charge in [0.25, 0.3) is 11.8 Å². The first-order valence-corrected chi connectivity index (χ1v) is 9.98. The van der Waals surface area contributed by atoms with Gasteiger partial charge in [-0.15, -0.1) is 0 Å². The van der Waals surface area contributed by atoms with Crippen molar-refractivity contribution in [2.75, 3.05) is 32.8 Å². The van der Waals surface area contributed by atoms with E-state index >= 15 is 0 Å². The smallest absolute Gasteiger partial charge is 0.260 e. The van der Waals surface area contributed by atoms with Gasteiger partial charge in [0.05, 0.1) is 5.02 Å². The maximum absolute atomic E-state index is 12.6. The fourth-order valence-corrected chi connectivity index (χ4v) is 3.56. The van der Waals surface area contributed by atoms with Gasteiger partial charge in [-0.2, -0.15) is 0 Å². The van der Waals surface area contributed by atoms with Crippen LogP contribution in [0.1, 0.15) is 16.8 Å². The van der Waals surface area contributed by atoms with Crippen LogP contribution in [0.25, 0.3) is 0 Å². The number of halogens is 3. The van der Waals surface area contributed by atoms with Gasteiger partial charge in [-0.3, -0.25) is 9.59 Å². The zero-order chi connectivity index (χ0) is 20.1. The second-order valence-corrected chi connectivity index (χ2v) is 7.68. The Kier molecular flexibility index (Phi) is 7.05. The molecule has 1 fully saturated rings. The SMILES string of the molecule is O=C(COc1ccc(Cl)cc1Cl)N1CCCN(C(=O)c2ccc(Cl)cc2)CC1. The second kappa shape index (κ2) is 9.50. The predicted molar refractivity (Wildman–Crippen MR) is 111 cm³/mol. The van der Waals surface area contributed by atoms with E-state index in [0.717, 1.165) is 0 Å². The Morgan fingerprint density at radius 1 is 0.857 bits per heavy atom. The summed E-state index contributed by atoms with van der Waals surface area (Å²) in [5.74, 6) is 0.204. The van der Waals surface area contributed by atoms with E-state index in [1.807, 2.05) is 0 Å². The van der Waals surface area contributed by atoms with E-state index in [-0.39, 0.29) is 18.4 Å². The fraction of sp³-hybridized carbons (Fsp3) is 0.300. The number of amides is 2. The molecule has 1 aliphatic rings. The van der Waals surface area contributed by atoms with Crippen LogP contribution < -0.4 is 4.74 Å². The number of rotatable bonds is 4. The molecule has 148 valence electrons. The van der Waals surface area contributed by atoms with Crippen LogP contribution in [0.5, 0.6) is 5.75 Å². The maximum atomic E-state index is 12.6. The Morgan fingerprint density at radius 2 is 1.50 bits per heavy atom. The molecule has 0 aliphatic carbocycles. The van der Waals surface area contributed by atoms with Crippen LogP contribution in [0.15, 0.2) is 42.5 Å². The van der Waals surface area contributed by atoms with E-state index in [0.29, 0.717) is 59.0 Å². The van der Waals surface area contributed by atoms with E-state index in [2.05, 4.69) is 0 Å². The van der Waals surface area contributed by atoms with Crippen molar-refractivity contribution in [1.82, 2.24) is 9.80 Å². The van der Waals surface area contributed by atoms with Crippen molar-refractivity contribution >= 4 is 46.6 Å². The molecule has 0 N–H and O–H groups in total. The first kappa shape index (κ1) is 20.8. The van der Waals surface area contributed by atoms with Crippen molar-refractivity contribution in [3.05, 3.63) is 63.1 Å². The molecule has 0 aromatic heterocycles. The molecule has 2 aromatic carbocycles. The third kappa shape index (κ3) is 5.31. The highest BCUT2D eigenvalue weighted by molar-refractivity contribution is 6.35. The van der Waals surface area contributed by atoms with Crippen molar-refractivity contribution < 1.29 is 14.3 Å². The topological polar surface area (TPSA) is 49.9 Å². The van der Waals surface area contributed by atoms with Gasteiger partial charge >= 0.3 is 0 Å². The van der Waals surface area contributed by atoms with Gasteiger partial charge in [0, 0.05) is 41.8 Å². The maximum Gasteiger partial charge on any atom is 0.260 e. The van der Waals surface area contributed by atoms with Crippen LogP contribution in [-0.4, -0.2) is 54.4 Å². The summed E-state index contributed by atoms with van der Waals surface area (Å²) in [6.45, 7) is 1.97. The van der Waals surface area contributed by atoms with Gasteiger partial charge in [0.15, 0.2) is 6.61 Å². The van der Waals surface area contributed by atoms with Crippen LogP contribution in [0, 0.1) is 0 Å². The van der Waals surface area contributed by atoms with Gasteiger partial charge in [-0.1, -0.05) is 34.8 Å². The quantitative estimate of drug-likeness (QED) is 0.706. The molecule has 0 atom stereocenters. The number of nitrogens with zero attached hydrogens (tertiary/aromatic N) is 2. The third-order valence-electron chi connectivity index (χ3n) is 4.47. The molecule has 0 bridgehead atoms. The summed E-state index contributed by atoms with van der Waals surface area (Å²) < 4.78 is 5.53. The molecule has 1 saturated heterocycles. The summed E-state index contributed by atoms with van der Waals surface area (Å²) in [4.78, 5) is 28.6. The summed E-state index contributed by atoms with van der Waals surface area (Å²) >= 11 is 17.8. The molecule has 0 radical (unpaired) electrons. The van der Waals surface area contributed by atoms with Crippen LogP contribution in [0.3, 0.4) is 0 Å². The lowest BCUT2D eigenvalue weighted by Gasteiger charge is -2.22. The molecule has 8 heteroatoms. The standard InChI is InChI=1S/C20H19Cl3N2O3/c21-15-4-2-14(3-5-15)20(27)25-9-1-8-24(10-11-25)19(26)13-28-18-7-6-16(22)12-17(18)23/h2-7,12H,1,8-11,13H2. The summed E-state index contributed by atoms with van der Waals surface area (Å²) in [5, 5.41) is 1.45. The van der Waals surface area contributed by atoms with Gasteiger partial charge < -0.3 is 14.5 Å². The molecule has 2 aromatic rings. The molecule has 28 heavy (non-hydrogen) atoms. The molecule has 0 unspecified atom stereocenters. The van der Waals surface area contributed by atoms with Crippen molar-refractivity contribution in [3.8, 4) is 5.75 Å². The highest BCUT2D eigenvalue weighted by Gasteiger charge is 2.23. The molecule has 0 saturated carbocycles. The average Bonchev–Trinajstić information content (AvgIpc) is 2.93. The van der Waals surface area contributed by atoms with Crippen LogP contribution in [0.2, 0.25) is 15.1 Å². The molecule has 3 rings (SSSR count). The van der Waals surface area contributed by atoms with Crippen molar-refractivity contribution in [3.63, 3.8) is 0 Å². The number of hydrogen-bond acceptors (Lipinski definition) is 3. The Hall–Kier alpha value is -1.95. The highest BCUT2D eigenvalue weighted by atomic mass is 35.5. The number of hydrogen-bond donors (Lipinski definition) is 0. The molecular weight excluding hydrogens is 423 g/mol. The summed E-state index contributed by atoms with van der Waals surface area (Å²) in [7, 11) is 0. The monoisotopic (exact) mass is 440 g/mol. The van der Waals surface area contributed by atoms with E-state index in [1.54, 1.807) is 52.3 Å². The lowest BCUT2D eigenvalue weighted by atomic mass is 10.2. The number of ether oxygens (including phenoxy) is 1. The van der Waals surface area contributed by atoms with Gasteiger partial charge in [0.1, 0.15) is 5.75 Å². The molecule has 2 amide bonds. The Morgan fingerprint density at radius 3 is 2.21 bits per heavy atom. The molecule has 1 heterocycles. The van der Waals surface area contributed by atoms with E-state index < -0.39 is 0 Å². The first-order chi connectivity index (χ1) is 13.4. The van der Waals surface area contributed by atoms with Crippen LogP contribution in [-0.2, 0) is 4.79 Å². The normalized spacial score (nSPS) is 14.5. The lowest BCUT2D eigenvalue weighted by Crippen LogP contribution is -2.39. The van der Waals surface area contributed by atoms with Gasteiger partial charge in [-0.05, 0) is 48.9 Å². The van der Waals surface area contributed by atoms with Crippen LogP contribution >= 0.6 is 34.8 Å². The zero-order valence-electron chi connectivity index (χ0n) is 15.0. The second-order valence-electron chi connectivity index (χ2n) is 6.40. The summed E-state index contributed by atoms with van der Waals surface area (Å²) in [6, 6.07) is 11.7. The van der Waals surface area contributed by atoms with E-state index in [9.17, 15) is 9.59 Å². The van der Waals surface area contributed by atoms with Crippen molar-refractivity contribution in [2.24, 2.45) is 0 Å². The number of carbonyl (C=O) groups is 2. The van der Waals surface area contributed by atoms with Gasteiger partial charge in [-0.25, -0.2) is 0 Å². The Labute approximate surface area is 178 Å². The lowest BCUT2D eigenvalue weighted by molar-refractivity contribution is -0.133. The molecule has 5 nitrogen and oxygen atoms in total.